The summed E-state index contributed by atoms with van der Waals surface area (Å²) >= 11 is 1.69. The van der Waals surface area contributed by atoms with E-state index in [1.165, 1.54) is 4.88 Å². The number of rotatable bonds is 5. The molecule has 0 aliphatic carbocycles. The monoisotopic (exact) mass is 199 g/mol. The van der Waals surface area contributed by atoms with Crippen LogP contribution in [-0.2, 0) is 0 Å². The summed E-state index contributed by atoms with van der Waals surface area (Å²) in [6.07, 6.45) is 1.09. The summed E-state index contributed by atoms with van der Waals surface area (Å²) in [6.45, 7) is 4.45. The topological polar surface area (TPSA) is 32.3 Å². The molecule has 0 amide bonds. The summed E-state index contributed by atoms with van der Waals surface area (Å²) in [5.74, 6) is 0. The number of thiophene rings is 1. The zero-order chi connectivity index (χ0) is 9.68. The highest BCUT2D eigenvalue weighted by atomic mass is 32.1. The average Bonchev–Trinajstić information content (AvgIpc) is 2.66. The summed E-state index contributed by atoms with van der Waals surface area (Å²) in [5.41, 5.74) is 0. The van der Waals surface area contributed by atoms with Gasteiger partial charge in [0.25, 0.3) is 0 Å². The molecule has 1 aromatic rings. The predicted molar refractivity (Wildman–Crippen MR) is 57.0 cm³/mol. The van der Waals surface area contributed by atoms with Gasteiger partial charge in [-0.1, -0.05) is 13.0 Å². The molecule has 0 fully saturated rings. The summed E-state index contributed by atoms with van der Waals surface area (Å²) < 4.78 is 0. The average molecular weight is 199 g/mol. The Labute approximate surface area is 83.6 Å². The quantitative estimate of drug-likeness (QED) is 0.761. The highest BCUT2D eigenvalue weighted by Gasteiger charge is 2.12. The van der Waals surface area contributed by atoms with E-state index < -0.39 is 0 Å². The Bertz CT molecular complexity index is 223. The van der Waals surface area contributed by atoms with Crippen LogP contribution in [0.3, 0.4) is 0 Å². The van der Waals surface area contributed by atoms with Crippen LogP contribution in [0, 0.1) is 0 Å². The molecule has 0 aromatic carbocycles. The van der Waals surface area contributed by atoms with Gasteiger partial charge in [-0.2, -0.15) is 0 Å². The molecule has 2 N–H and O–H groups in total. The minimum Gasteiger partial charge on any atom is -0.394 e. The van der Waals surface area contributed by atoms with Gasteiger partial charge in [0, 0.05) is 10.9 Å². The fourth-order valence-electron chi connectivity index (χ4n) is 1.18. The minimum absolute atomic E-state index is 0.106. The highest BCUT2D eigenvalue weighted by Crippen LogP contribution is 2.19. The van der Waals surface area contributed by atoms with E-state index in [1.54, 1.807) is 11.3 Å². The lowest BCUT2D eigenvalue weighted by Crippen LogP contribution is -2.31. The third-order valence-electron chi connectivity index (χ3n) is 2.17. The molecular weight excluding hydrogens is 182 g/mol. The number of nitrogens with one attached hydrogen (secondary N) is 1. The molecule has 0 saturated heterocycles. The van der Waals surface area contributed by atoms with Crippen LogP contribution in [0.25, 0.3) is 0 Å². The summed E-state index contributed by atoms with van der Waals surface area (Å²) in [6, 6.07) is 4.64. The minimum atomic E-state index is 0.106. The van der Waals surface area contributed by atoms with Crippen LogP contribution in [0.15, 0.2) is 17.5 Å². The number of aliphatic hydroxyl groups is 1. The van der Waals surface area contributed by atoms with Gasteiger partial charge in [-0.05, 0) is 24.8 Å². The van der Waals surface area contributed by atoms with Crippen LogP contribution in [0.5, 0.6) is 0 Å². The van der Waals surface area contributed by atoms with Crippen molar-refractivity contribution in [1.82, 2.24) is 5.32 Å². The second kappa shape index (κ2) is 5.37. The number of hydrogen-bond donors (Lipinski definition) is 2. The SMILES string of the molecule is CCC(C)NC(CO)c1cccs1. The Morgan fingerprint density at radius 2 is 2.38 bits per heavy atom. The Kier molecular flexibility index (Phi) is 4.42. The first-order chi connectivity index (χ1) is 6.27. The summed E-state index contributed by atoms with van der Waals surface area (Å²) in [7, 11) is 0. The smallest absolute Gasteiger partial charge is 0.0651 e. The molecule has 0 bridgehead atoms. The maximum absolute atomic E-state index is 9.19. The van der Waals surface area contributed by atoms with Crippen LogP contribution < -0.4 is 5.32 Å². The van der Waals surface area contributed by atoms with E-state index in [2.05, 4.69) is 25.2 Å². The second-order valence-corrected chi connectivity index (χ2v) is 4.21. The lowest BCUT2D eigenvalue weighted by atomic mass is 10.2. The molecule has 1 rings (SSSR count). The summed E-state index contributed by atoms with van der Waals surface area (Å²) in [5, 5.41) is 14.6. The van der Waals surface area contributed by atoms with E-state index in [9.17, 15) is 5.11 Å². The van der Waals surface area contributed by atoms with Crippen LogP contribution in [0.1, 0.15) is 31.2 Å². The lowest BCUT2D eigenvalue weighted by molar-refractivity contribution is 0.236. The molecule has 0 aliphatic heterocycles. The van der Waals surface area contributed by atoms with Gasteiger partial charge in [0.1, 0.15) is 0 Å². The third-order valence-corrected chi connectivity index (χ3v) is 3.15. The first-order valence-electron chi connectivity index (χ1n) is 4.68. The van der Waals surface area contributed by atoms with Crippen molar-refractivity contribution in [3.05, 3.63) is 22.4 Å². The molecule has 2 atom stereocenters. The molecule has 13 heavy (non-hydrogen) atoms. The van der Waals surface area contributed by atoms with Gasteiger partial charge in [-0.3, -0.25) is 0 Å². The first kappa shape index (κ1) is 10.7. The van der Waals surface area contributed by atoms with Gasteiger partial charge in [-0.25, -0.2) is 0 Å². The summed E-state index contributed by atoms with van der Waals surface area (Å²) in [4.78, 5) is 1.21. The van der Waals surface area contributed by atoms with Gasteiger partial charge >= 0.3 is 0 Å². The molecule has 0 spiro atoms. The predicted octanol–water partition coefficient (Wildman–Crippen LogP) is 2.17. The standard InChI is InChI=1S/C10H17NOS/c1-3-8(2)11-9(7-12)10-5-4-6-13-10/h4-6,8-9,11-12H,3,7H2,1-2H3. The van der Waals surface area contributed by atoms with Gasteiger partial charge in [-0.15, -0.1) is 11.3 Å². The molecule has 0 aliphatic rings. The van der Waals surface area contributed by atoms with E-state index >= 15 is 0 Å². The molecule has 0 radical (unpaired) electrons. The normalized spacial score (nSPS) is 15.6. The molecule has 0 saturated carbocycles. The van der Waals surface area contributed by atoms with Gasteiger partial charge < -0.3 is 10.4 Å². The van der Waals surface area contributed by atoms with Crippen molar-refractivity contribution in [3.63, 3.8) is 0 Å². The van der Waals surface area contributed by atoms with Crippen molar-refractivity contribution < 1.29 is 5.11 Å². The van der Waals surface area contributed by atoms with Crippen LogP contribution in [0.2, 0.25) is 0 Å². The van der Waals surface area contributed by atoms with Crippen LogP contribution in [-0.4, -0.2) is 17.8 Å². The fraction of sp³-hybridized carbons (Fsp3) is 0.600. The number of hydrogen-bond acceptors (Lipinski definition) is 3. The Hall–Kier alpha value is -0.380. The van der Waals surface area contributed by atoms with Crippen molar-refractivity contribution in [2.45, 2.75) is 32.4 Å². The van der Waals surface area contributed by atoms with Crippen molar-refractivity contribution in [1.29, 1.82) is 0 Å². The maximum Gasteiger partial charge on any atom is 0.0651 e. The van der Waals surface area contributed by atoms with Crippen LogP contribution in [0.4, 0.5) is 0 Å². The maximum atomic E-state index is 9.19. The van der Waals surface area contributed by atoms with Crippen molar-refractivity contribution >= 4 is 11.3 Å². The Morgan fingerprint density at radius 3 is 2.85 bits per heavy atom. The van der Waals surface area contributed by atoms with E-state index in [-0.39, 0.29) is 12.6 Å². The van der Waals surface area contributed by atoms with Gasteiger partial charge in [0.15, 0.2) is 0 Å². The van der Waals surface area contributed by atoms with E-state index in [1.807, 2.05) is 11.4 Å². The third kappa shape index (κ3) is 3.10. The largest absolute Gasteiger partial charge is 0.394 e. The Balaban J connectivity index is 2.53. The van der Waals surface area contributed by atoms with Gasteiger partial charge in [0.2, 0.25) is 0 Å². The van der Waals surface area contributed by atoms with Crippen molar-refractivity contribution in [2.24, 2.45) is 0 Å². The van der Waals surface area contributed by atoms with E-state index in [0.29, 0.717) is 6.04 Å². The van der Waals surface area contributed by atoms with E-state index in [0.717, 1.165) is 6.42 Å². The zero-order valence-electron chi connectivity index (χ0n) is 8.16. The van der Waals surface area contributed by atoms with Crippen LogP contribution >= 0.6 is 11.3 Å². The lowest BCUT2D eigenvalue weighted by Gasteiger charge is -2.19. The molecule has 74 valence electrons. The number of aliphatic hydroxyl groups excluding tert-OH is 1. The molecule has 2 nitrogen and oxygen atoms in total. The molecule has 3 heteroatoms. The molecule has 2 unspecified atom stereocenters. The molecule has 1 heterocycles. The zero-order valence-corrected chi connectivity index (χ0v) is 8.97. The fourth-order valence-corrected chi connectivity index (χ4v) is 1.95. The highest BCUT2D eigenvalue weighted by molar-refractivity contribution is 7.10. The first-order valence-corrected chi connectivity index (χ1v) is 5.56. The van der Waals surface area contributed by atoms with Crippen molar-refractivity contribution in [3.8, 4) is 0 Å². The van der Waals surface area contributed by atoms with E-state index in [4.69, 9.17) is 0 Å². The molecular formula is C10H17NOS. The van der Waals surface area contributed by atoms with Gasteiger partial charge in [0.05, 0.1) is 12.6 Å². The second-order valence-electron chi connectivity index (χ2n) is 3.23. The Morgan fingerprint density at radius 1 is 1.62 bits per heavy atom. The molecule has 1 aromatic heterocycles. The van der Waals surface area contributed by atoms with Crippen molar-refractivity contribution in [2.75, 3.05) is 6.61 Å².